The Morgan fingerprint density at radius 2 is 1.65 bits per heavy atom. The van der Waals surface area contributed by atoms with E-state index >= 15 is 0 Å². The second kappa shape index (κ2) is 7.55. The zero-order valence-corrected chi connectivity index (χ0v) is 17.4. The lowest BCUT2D eigenvalue weighted by Gasteiger charge is -2.14. The number of hydrogen-bond acceptors (Lipinski definition) is 3. The SMILES string of the molecule is O=c1c2cnn(-c3cccc(F)c3)c2nc(-c2ccccc2F)n1-c1ccc(Br)cc1. The van der Waals surface area contributed by atoms with E-state index in [0.717, 1.165) is 4.47 Å². The highest BCUT2D eigenvalue weighted by atomic mass is 79.9. The van der Waals surface area contributed by atoms with Crippen molar-refractivity contribution in [2.75, 3.05) is 0 Å². The number of fused-ring (bicyclic) bond motifs is 1. The highest BCUT2D eigenvalue weighted by Crippen LogP contribution is 2.26. The third-order valence-electron chi connectivity index (χ3n) is 4.85. The minimum Gasteiger partial charge on any atom is -0.268 e. The summed E-state index contributed by atoms with van der Waals surface area (Å²) >= 11 is 3.38. The molecule has 0 N–H and O–H groups in total. The molecule has 8 heteroatoms. The first-order valence-electron chi connectivity index (χ1n) is 9.30. The molecular weight excluding hydrogens is 466 g/mol. The minimum absolute atomic E-state index is 0.121. The molecule has 0 aliphatic rings. The molecule has 5 rings (SSSR count). The van der Waals surface area contributed by atoms with Crippen molar-refractivity contribution in [3.8, 4) is 22.8 Å². The molecule has 0 unspecified atom stereocenters. The first-order valence-corrected chi connectivity index (χ1v) is 10.1. The van der Waals surface area contributed by atoms with Crippen molar-refractivity contribution in [1.29, 1.82) is 0 Å². The highest BCUT2D eigenvalue weighted by Gasteiger charge is 2.20. The summed E-state index contributed by atoms with van der Waals surface area (Å²) in [6.45, 7) is 0. The van der Waals surface area contributed by atoms with Gasteiger partial charge in [0.05, 0.1) is 23.1 Å². The van der Waals surface area contributed by atoms with Crippen LogP contribution in [-0.4, -0.2) is 19.3 Å². The van der Waals surface area contributed by atoms with Crippen LogP contribution >= 0.6 is 15.9 Å². The molecule has 3 aromatic carbocycles. The zero-order chi connectivity index (χ0) is 21.5. The fraction of sp³-hybridized carbons (Fsp3) is 0. The fourth-order valence-electron chi connectivity index (χ4n) is 3.42. The van der Waals surface area contributed by atoms with Gasteiger partial charge < -0.3 is 0 Å². The van der Waals surface area contributed by atoms with Gasteiger partial charge in [-0.2, -0.15) is 5.10 Å². The van der Waals surface area contributed by atoms with Crippen molar-refractivity contribution in [1.82, 2.24) is 19.3 Å². The average molecular weight is 479 g/mol. The van der Waals surface area contributed by atoms with Gasteiger partial charge in [0.15, 0.2) is 11.5 Å². The number of halogens is 3. The van der Waals surface area contributed by atoms with Crippen LogP contribution in [0.5, 0.6) is 0 Å². The topological polar surface area (TPSA) is 52.7 Å². The molecule has 0 aliphatic carbocycles. The summed E-state index contributed by atoms with van der Waals surface area (Å²) in [5.74, 6) is -0.841. The van der Waals surface area contributed by atoms with Crippen LogP contribution in [0.1, 0.15) is 0 Å². The van der Waals surface area contributed by atoms with E-state index in [1.54, 1.807) is 54.6 Å². The number of hydrogen-bond donors (Lipinski definition) is 0. The number of rotatable bonds is 3. The van der Waals surface area contributed by atoms with Gasteiger partial charge in [-0.15, -0.1) is 0 Å². The molecule has 0 atom stereocenters. The summed E-state index contributed by atoms with van der Waals surface area (Å²) in [5.41, 5.74) is 0.897. The molecule has 2 heterocycles. The van der Waals surface area contributed by atoms with Gasteiger partial charge in [-0.25, -0.2) is 18.4 Å². The van der Waals surface area contributed by atoms with Crippen LogP contribution in [-0.2, 0) is 0 Å². The van der Waals surface area contributed by atoms with E-state index in [-0.39, 0.29) is 22.4 Å². The molecule has 0 saturated carbocycles. The van der Waals surface area contributed by atoms with Crippen molar-refractivity contribution < 1.29 is 8.78 Å². The summed E-state index contributed by atoms with van der Waals surface area (Å²) in [5, 5.41) is 4.48. The molecule has 0 bridgehead atoms. The Hall–Kier alpha value is -3.65. The van der Waals surface area contributed by atoms with Crippen LogP contribution in [0.15, 0.2) is 88.3 Å². The van der Waals surface area contributed by atoms with E-state index in [1.807, 2.05) is 0 Å². The molecule has 152 valence electrons. The number of aromatic nitrogens is 4. The molecule has 5 aromatic rings. The van der Waals surface area contributed by atoms with Gasteiger partial charge in [0.25, 0.3) is 5.56 Å². The van der Waals surface area contributed by atoms with Gasteiger partial charge in [-0.1, -0.05) is 34.1 Å². The zero-order valence-electron chi connectivity index (χ0n) is 15.8. The maximum absolute atomic E-state index is 14.7. The predicted octanol–water partition coefficient (Wildman–Crippen LogP) is 5.28. The van der Waals surface area contributed by atoms with Crippen LogP contribution in [0, 0.1) is 11.6 Å². The maximum atomic E-state index is 14.7. The van der Waals surface area contributed by atoms with E-state index < -0.39 is 17.2 Å². The summed E-state index contributed by atoms with van der Waals surface area (Å²) in [7, 11) is 0. The molecule has 31 heavy (non-hydrogen) atoms. The van der Waals surface area contributed by atoms with Crippen LogP contribution < -0.4 is 5.56 Å². The fourth-order valence-corrected chi connectivity index (χ4v) is 3.68. The highest BCUT2D eigenvalue weighted by molar-refractivity contribution is 9.10. The van der Waals surface area contributed by atoms with E-state index in [1.165, 1.54) is 33.6 Å². The Morgan fingerprint density at radius 3 is 2.39 bits per heavy atom. The van der Waals surface area contributed by atoms with Crippen LogP contribution in [0.3, 0.4) is 0 Å². The van der Waals surface area contributed by atoms with Gasteiger partial charge in [0.1, 0.15) is 17.0 Å². The van der Waals surface area contributed by atoms with Gasteiger partial charge in [-0.3, -0.25) is 9.36 Å². The quantitative estimate of drug-likeness (QED) is 0.354. The molecule has 0 radical (unpaired) electrons. The number of benzene rings is 3. The lowest BCUT2D eigenvalue weighted by Crippen LogP contribution is -2.22. The molecule has 0 spiro atoms. The summed E-state index contributed by atoms with van der Waals surface area (Å²) in [4.78, 5) is 18.1. The molecule has 0 saturated heterocycles. The largest absolute Gasteiger partial charge is 0.269 e. The second-order valence-corrected chi connectivity index (χ2v) is 7.72. The minimum atomic E-state index is -0.517. The lowest BCUT2D eigenvalue weighted by atomic mass is 10.1. The van der Waals surface area contributed by atoms with Crippen LogP contribution in [0.25, 0.3) is 33.8 Å². The second-order valence-electron chi connectivity index (χ2n) is 6.81. The molecule has 0 fully saturated rings. The Morgan fingerprint density at radius 1 is 0.871 bits per heavy atom. The van der Waals surface area contributed by atoms with Crippen molar-refractivity contribution >= 4 is 27.0 Å². The molecule has 2 aromatic heterocycles. The Bertz CT molecular complexity index is 1490. The third kappa shape index (κ3) is 3.34. The van der Waals surface area contributed by atoms with Gasteiger partial charge in [-0.05, 0) is 54.6 Å². The summed E-state index contributed by atoms with van der Waals surface area (Å²) in [6, 6.07) is 18.9. The van der Waals surface area contributed by atoms with Crippen LogP contribution in [0.2, 0.25) is 0 Å². The smallest absolute Gasteiger partial charge is 0.268 e. The number of nitrogens with zero attached hydrogens (tertiary/aromatic N) is 4. The first kappa shape index (κ1) is 19.3. The van der Waals surface area contributed by atoms with Crippen LogP contribution in [0.4, 0.5) is 8.78 Å². The van der Waals surface area contributed by atoms with E-state index in [4.69, 9.17) is 0 Å². The normalized spacial score (nSPS) is 11.2. The van der Waals surface area contributed by atoms with Crippen molar-refractivity contribution in [2.45, 2.75) is 0 Å². The maximum Gasteiger partial charge on any atom is 0.269 e. The standard InChI is InChI=1S/C23H13BrF2N4O/c24-14-8-10-16(11-9-14)29-21(18-6-1-2-7-20(18)26)28-22-19(23(29)31)13-27-30(22)17-5-3-4-15(25)12-17/h1-13H. The molecular formula is C23H13BrF2N4O. The van der Waals surface area contributed by atoms with E-state index in [9.17, 15) is 13.6 Å². The van der Waals surface area contributed by atoms with Gasteiger partial charge >= 0.3 is 0 Å². The Kier molecular flexibility index (Phi) is 4.71. The average Bonchev–Trinajstić information content (AvgIpc) is 3.19. The molecule has 0 amide bonds. The monoisotopic (exact) mass is 478 g/mol. The Balaban J connectivity index is 1.87. The Labute approximate surface area is 183 Å². The van der Waals surface area contributed by atoms with Crippen molar-refractivity contribution in [2.24, 2.45) is 0 Å². The third-order valence-corrected chi connectivity index (χ3v) is 5.38. The van der Waals surface area contributed by atoms with E-state index in [0.29, 0.717) is 11.4 Å². The van der Waals surface area contributed by atoms with Crippen molar-refractivity contribution in [3.05, 3.63) is 105 Å². The summed E-state index contributed by atoms with van der Waals surface area (Å²) < 4.78 is 32.1. The first-order chi connectivity index (χ1) is 15.0. The molecule has 0 aliphatic heterocycles. The molecule has 5 nitrogen and oxygen atoms in total. The van der Waals surface area contributed by atoms with Gasteiger partial charge in [0, 0.05) is 4.47 Å². The van der Waals surface area contributed by atoms with Crippen molar-refractivity contribution in [3.63, 3.8) is 0 Å². The summed E-state index contributed by atoms with van der Waals surface area (Å²) in [6.07, 6.45) is 1.38. The van der Waals surface area contributed by atoms with E-state index in [2.05, 4.69) is 26.0 Å². The van der Waals surface area contributed by atoms with Gasteiger partial charge in [0.2, 0.25) is 0 Å². The predicted molar refractivity (Wildman–Crippen MR) is 118 cm³/mol. The lowest BCUT2D eigenvalue weighted by molar-refractivity contribution is 0.625.